The number of ether oxygens (including phenoxy) is 1. The van der Waals surface area contributed by atoms with Gasteiger partial charge in [0.25, 0.3) is 21.4 Å². The Labute approximate surface area is 193 Å². The van der Waals surface area contributed by atoms with E-state index in [0.29, 0.717) is 0 Å². The van der Waals surface area contributed by atoms with Crippen LogP contribution in [0.15, 0.2) is 34.0 Å². The number of H-pyrrole nitrogens is 1. The zero-order chi connectivity index (χ0) is 24.5. The van der Waals surface area contributed by atoms with E-state index < -0.39 is 63.0 Å². The molecule has 12 nitrogen and oxygen atoms in total. The number of hydrogen-bond acceptors (Lipinski definition) is 9. The number of nitro benzene ring substituents is 1. The Morgan fingerprint density at radius 2 is 2.12 bits per heavy atom. The first-order chi connectivity index (χ1) is 15.4. The Morgan fingerprint density at radius 1 is 1.42 bits per heavy atom. The van der Waals surface area contributed by atoms with E-state index >= 15 is 0 Å². The molecule has 1 aliphatic rings. The number of aliphatic hydroxyl groups is 1. The summed E-state index contributed by atoms with van der Waals surface area (Å²) in [5.41, 5.74) is -1.13. The van der Waals surface area contributed by atoms with Crippen molar-refractivity contribution in [3.63, 3.8) is 0 Å². The van der Waals surface area contributed by atoms with Gasteiger partial charge in [-0.15, -0.1) is 0 Å². The number of nitrogens with one attached hydrogen (secondary N) is 1. The molecule has 2 heterocycles. The lowest BCUT2D eigenvalue weighted by Gasteiger charge is -2.17. The predicted molar refractivity (Wildman–Crippen MR) is 117 cm³/mol. The summed E-state index contributed by atoms with van der Waals surface area (Å²) >= 11 is 5.79. The van der Waals surface area contributed by atoms with Crippen LogP contribution in [-0.2, 0) is 19.0 Å². The number of aromatic nitrogens is 2. The fourth-order valence-corrected chi connectivity index (χ4v) is 4.94. The zero-order valence-corrected chi connectivity index (χ0v) is 19.2. The minimum Gasteiger partial charge on any atom is -0.390 e. The number of aromatic amines is 1. The number of benzene rings is 1. The smallest absolute Gasteiger partial charge is 0.330 e. The second-order valence-corrected chi connectivity index (χ2v) is 9.90. The lowest BCUT2D eigenvalue weighted by atomic mass is 10.0. The molecular weight excluding hydrogens is 482 g/mol. The normalized spacial score (nSPS) is 21.8. The second kappa shape index (κ2) is 9.73. The molecule has 2 aromatic rings. The van der Waals surface area contributed by atoms with E-state index in [2.05, 4.69) is 4.98 Å². The average Bonchev–Trinajstić information content (AvgIpc) is 3.09. The van der Waals surface area contributed by atoms with Crippen molar-refractivity contribution in [2.45, 2.75) is 44.6 Å². The molecule has 0 amide bonds. The highest BCUT2D eigenvalue weighted by Crippen LogP contribution is 2.31. The minimum absolute atomic E-state index is 0.0210. The Hall–Kier alpha value is -2.58. The standard InChI is InChI=1S/C19H22ClN3O9S/c1-10-7-22(19(26)21-18(10)25)17-6-15(24)16(32-17)8-31-33(29,30)9-11(2)13-4-3-12(20)5-14(13)23(27)28/h3-5,7,11,15-17,24H,6,8-9H2,1-2H3,(H,21,25,26)/t11?,15-,16+,17+/m0/s1. The van der Waals surface area contributed by atoms with Crippen LogP contribution in [0.3, 0.4) is 0 Å². The first-order valence-corrected chi connectivity index (χ1v) is 11.8. The molecule has 0 saturated carbocycles. The molecule has 1 aliphatic heterocycles. The van der Waals surface area contributed by atoms with Crippen LogP contribution in [0, 0.1) is 17.0 Å². The van der Waals surface area contributed by atoms with E-state index in [0.717, 1.165) is 10.6 Å². The van der Waals surface area contributed by atoms with Crippen LogP contribution < -0.4 is 11.2 Å². The molecule has 180 valence electrons. The summed E-state index contributed by atoms with van der Waals surface area (Å²) in [7, 11) is -4.16. The summed E-state index contributed by atoms with van der Waals surface area (Å²) in [5.74, 6) is -1.34. The van der Waals surface area contributed by atoms with Crippen molar-refractivity contribution in [2.24, 2.45) is 0 Å². The van der Waals surface area contributed by atoms with Gasteiger partial charge in [-0.2, -0.15) is 8.42 Å². The molecule has 2 N–H and O–H groups in total. The molecule has 1 saturated heterocycles. The molecule has 3 rings (SSSR count). The molecule has 0 spiro atoms. The van der Waals surface area contributed by atoms with Gasteiger partial charge in [0, 0.05) is 40.8 Å². The van der Waals surface area contributed by atoms with Crippen LogP contribution in [-0.4, -0.2) is 52.6 Å². The van der Waals surface area contributed by atoms with E-state index in [1.807, 2.05) is 0 Å². The monoisotopic (exact) mass is 503 g/mol. The number of nitrogens with zero attached hydrogens (tertiary/aromatic N) is 2. The number of rotatable bonds is 8. The lowest BCUT2D eigenvalue weighted by molar-refractivity contribution is -0.385. The molecule has 1 aromatic carbocycles. The third kappa shape index (κ3) is 5.86. The number of aryl methyl sites for hydroxylation is 1. The quantitative estimate of drug-likeness (QED) is 0.305. The molecule has 1 unspecified atom stereocenters. The van der Waals surface area contributed by atoms with Crippen LogP contribution in [0.2, 0.25) is 5.02 Å². The van der Waals surface area contributed by atoms with E-state index in [1.54, 1.807) is 0 Å². The van der Waals surface area contributed by atoms with Crippen molar-refractivity contribution in [3.05, 3.63) is 71.5 Å². The highest BCUT2D eigenvalue weighted by molar-refractivity contribution is 7.86. The molecule has 0 bridgehead atoms. The highest BCUT2D eigenvalue weighted by atomic mass is 35.5. The SMILES string of the molecule is Cc1cn([C@H]2C[C@H](O)[C@@H](COS(=O)(=O)CC(C)c3ccc(Cl)cc3[N+](=O)[O-])O2)c(=O)[nH]c1=O. The van der Waals surface area contributed by atoms with Gasteiger partial charge in [0.15, 0.2) is 0 Å². The maximum absolute atomic E-state index is 12.5. The van der Waals surface area contributed by atoms with Gasteiger partial charge in [0.05, 0.1) is 23.4 Å². The van der Waals surface area contributed by atoms with Crippen LogP contribution in [0.5, 0.6) is 0 Å². The van der Waals surface area contributed by atoms with Gasteiger partial charge in [0.1, 0.15) is 12.3 Å². The fourth-order valence-electron chi connectivity index (χ4n) is 3.54. The van der Waals surface area contributed by atoms with Gasteiger partial charge in [-0.3, -0.25) is 28.6 Å². The Morgan fingerprint density at radius 3 is 2.79 bits per heavy atom. The molecular formula is C19H22ClN3O9S. The van der Waals surface area contributed by atoms with Gasteiger partial charge in [-0.25, -0.2) is 4.79 Å². The van der Waals surface area contributed by atoms with Gasteiger partial charge >= 0.3 is 5.69 Å². The van der Waals surface area contributed by atoms with Crippen LogP contribution in [0.4, 0.5) is 5.69 Å². The Kier molecular flexibility index (Phi) is 7.39. The summed E-state index contributed by atoms with van der Waals surface area (Å²) in [5, 5.41) is 21.7. The molecule has 0 radical (unpaired) electrons. The fraction of sp³-hybridized carbons (Fsp3) is 0.474. The first kappa shape index (κ1) is 25.1. The Balaban J connectivity index is 1.66. The van der Waals surface area contributed by atoms with E-state index in [1.165, 1.54) is 32.2 Å². The summed E-state index contributed by atoms with van der Waals surface area (Å²) in [6.07, 6.45) is -1.83. The van der Waals surface area contributed by atoms with Crippen molar-refractivity contribution in [2.75, 3.05) is 12.4 Å². The minimum atomic E-state index is -4.16. The van der Waals surface area contributed by atoms with Crippen molar-refractivity contribution in [1.29, 1.82) is 0 Å². The van der Waals surface area contributed by atoms with Gasteiger partial charge in [-0.1, -0.05) is 24.6 Å². The van der Waals surface area contributed by atoms with Crippen molar-refractivity contribution >= 4 is 27.4 Å². The topological polar surface area (TPSA) is 171 Å². The van der Waals surface area contributed by atoms with E-state index in [-0.39, 0.29) is 28.3 Å². The third-order valence-electron chi connectivity index (χ3n) is 5.25. The van der Waals surface area contributed by atoms with Gasteiger partial charge in [-0.05, 0) is 13.0 Å². The molecule has 1 fully saturated rings. The average molecular weight is 504 g/mol. The number of nitro groups is 1. The highest BCUT2D eigenvalue weighted by Gasteiger charge is 2.37. The number of hydrogen-bond donors (Lipinski definition) is 2. The number of halogens is 1. The van der Waals surface area contributed by atoms with Gasteiger partial charge in [0.2, 0.25) is 0 Å². The van der Waals surface area contributed by atoms with Crippen molar-refractivity contribution < 1.29 is 27.4 Å². The Bertz CT molecular complexity index is 1270. The van der Waals surface area contributed by atoms with Crippen molar-refractivity contribution in [3.8, 4) is 0 Å². The zero-order valence-electron chi connectivity index (χ0n) is 17.6. The third-order valence-corrected chi connectivity index (χ3v) is 6.88. The molecule has 4 atom stereocenters. The maximum atomic E-state index is 12.5. The summed E-state index contributed by atoms with van der Waals surface area (Å²) in [4.78, 5) is 36.3. The molecule has 14 heteroatoms. The van der Waals surface area contributed by atoms with Crippen LogP contribution in [0.25, 0.3) is 0 Å². The second-order valence-electron chi connectivity index (χ2n) is 7.78. The summed E-state index contributed by atoms with van der Waals surface area (Å²) in [6.45, 7) is 2.48. The first-order valence-electron chi connectivity index (χ1n) is 9.84. The van der Waals surface area contributed by atoms with Gasteiger partial charge < -0.3 is 9.84 Å². The summed E-state index contributed by atoms with van der Waals surface area (Å²) < 4.78 is 36.6. The predicted octanol–water partition coefficient (Wildman–Crippen LogP) is 1.21. The van der Waals surface area contributed by atoms with Crippen LogP contribution in [0.1, 0.15) is 36.6 Å². The molecule has 1 aromatic heterocycles. The number of aliphatic hydroxyl groups excluding tert-OH is 1. The molecule has 0 aliphatic carbocycles. The molecule has 33 heavy (non-hydrogen) atoms. The van der Waals surface area contributed by atoms with Crippen LogP contribution >= 0.6 is 11.6 Å². The van der Waals surface area contributed by atoms with E-state index in [4.69, 9.17) is 20.5 Å². The largest absolute Gasteiger partial charge is 0.390 e. The van der Waals surface area contributed by atoms with E-state index in [9.17, 15) is 33.2 Å². The van der Waals surface area contributed by atoms with Crippen molar-refractivity contribution in [1.82, 2.24) is 9.55 Å². The summed E-state index contributed by atoms with van der Waals surface area (Å²) in [6, 6.07) is 3.96. The maximum Gasteiger partial charge on any atom is 0.330 e. The lowest BCUT2D eigenvalue weighted by Crippen LogP contribution is -2.33.